The molecule has 2 N–H and O–H groups in total. The van der Waals surface area contributed by atoms with E-state index < -0.39 is 0 Å². The van der Waals surface area contributed by atoms with Crippen LogP contribution in [-0.2, 0) is 4.74 Å². The van der Waals surface area contributed by atoms with E-state index in [1.165, 1.54) is 0 Å². The van der Waals surface area contributed by atoms with Crippen molar-refractivity contribution in [2.75, 3.05) is 18.9 Å². The first kappa shape index (κ1) is 14.4. The highest BCUT2D eigenvalue weighted by Gasteiger charge is 2.06. The van der Waals surface area contributed by atoms with Gasteiger partial charge in [-0.05, 0) is 48.5 Å². The Labute approximate surface area is 125 Å². The molecule has 0 aliphatic rings. The van der Waals surface area contributed by atoms with Crippen molar-refractivity contribution in [2.24, 2.45) is 0 Å². The number of nitrogen functional groups attached to an aromatic ring is 1. The molecule has 0 radical (unpaired) electrons. The highest BCUT2D eigenvalue weighted by molar-refractivity contribution is 9.10. The van der Waals surface area contributed by atoms with Crippen molar-refractivity contribution >= 4 is 27.6 Å². The summed E-state index contributed by atoms with van der Waals surface area (Å²) < 4.78 is 11.5. The van der Waals surface area contributed by atoms with Gasteiger partial charge in [0, 0.05) is 10.2 Å². The maximum Gasteiger partial charge on any atom is 0.338 e. The summed E-state index contributed by atoms with van der Waals surface area (Å²) in [5.41, 5.74) is 6.63. The summed E-state index contributed by atoms with van der Waals surface area (Å²) in [5.74, 6) is 0.348. The standard InChI is InChI=1S/C15H14BrNO3/c16-12-3-7-14(8-4-12)19-9-10-20-15(18)11-1-5-13(17)6-2-11/h1-8H,9-10,17H2. The molecular weight excluding hydrogens is 322 g/mol. The fourth-order valence-electron chi connectivity index (χ4n) is 1.53. The summed E-state index contributed by atoms with van der Waals surface area (Å²) in [6.45, 7) is 0.502. The second kappa shape index (κ2) is 6.96. The Kier molecular flexibility index (Phi) is 5.01. The first-order chi connectivity index (χ1) is 9.65. The molecule has 0 heterocycles. The summed E-state index contributed by atoms with van der Waals surface area (Å²) >= 11 is 3.34. The molecule has 2 aromatic rings. The Hall–Kier alpha value is -2.01. The third kappa shape index (κ3) is 4.28. The molecule has 0 aliphatic carbocycles. The van der Waals surface area contributed by atoms with Crippen LogP contribution in [0.2, 0.25) is 0 Å². The molecule has 4 nitrogen and oxygen atoms in total. The number of nitrogens with two attached hydrogens (primary N) is 1. The molecule has 0 saturated carbocycles. The van der Waals surface area contributed by atoms with Gasteiger partial charge in [-0.15, -0.1) is 0 Å². The van der Waals surface area contributed by atoms with Crippen LogP contribution >= 0.6 is 15.9 Å². The monoisotopic (exact) mass is 335 g/mol. The molecule has 2 aromatic carbocycles. The van der Waals surface area contributed by atoms with Crippen LogP contribution in [0, 0.1) is 0 Å². The number of benzene rings is 2. The minimum absolute atomic E-state index is 0.194. The maximum absolute atomic E-state index is 11.7. The molecule has 0 unspecified atom stereocenters. The molecule has 0 atom stereocenters. The van der Waals surface area contributed by atoms with Gasteiger partial charge in [0.05, 0.1) is 5.56 Å². The Balaban J connectivity index is 1.74. The van der Waals surface area contributed by atoms with Gasteiger partial charge in [0.2, 0.25) is 0 Å². The fraction of sp³-hybridized carbons (Fsp3) is 0.133. The third-order valence-corrected chi connectivity index (χ3v) is 3.07. The van der Waals surface area contributed by atoms with Crippen LogP contribution in [0.4, 0.5) is 5.69 Å². The van der Waals surface area contributed by atoms with Crippen molar-refractivity contribution in [3.8, 4) is 5.75 Å². The van der Waals surface area contributed by atoms with Gasteiger partial charge in [0.15, 0.2) is 0 Å². The molecule has 104 valence electrons. The highest BCUT2D eigenvalue weighted by atomic mass is 79.9. The lowest BCUT2D eigenvalue weighted by Crippen LogP contribution is -2.12. The Morgan fingerprint density at radius 3 is 2.30 bits per heavy atom. The molecule has 5 heteroatoms. The van der Waals surface area contributed by atoms with Gasteiger partial charge >= 0.3 is 5.97 Å². The van der Waals surface area contributed by atoms with Gasteiger partial charge in [0.25, 0.3) is 0 Å². The number of carbonyl (C=O) groups is 1. The minimum Gasteiger partial charge on any atom is -0.490 e. The minimum atomic E-state index is -0.385. The summed E-state index contributed by atoms with van der Waals surface area (Å²) in [4.78, 5) is 11.7. The number of carbonyl (C=O) groups excluding carboxylic acids is 1. The van der Waals surface area contributed by atoms with E-state index in [4.69, 9.17) is 15.2 Å². The zero-order valence-corrected chi connectivity index (χ0v) is 12.3. The van der Waals surface area contributed by atoms with E-state index in [-0.39, 0.29) is 12.6 Å². The van der Waals surface area contributed by atoms with Crippen LogP contribution in [0.15, 0.2) is 53.0 Å². The van der Waals surface area contributed by atoms with Crippen LogP contribution in [0.25, 0.3) is 0 Å². The molecule has 0 spiro atoms. The highest BCUT2D eigenvalue weighted by Crippen LogP contribution is 2.15. The Bertz CT molecular complexity index is 567. The number of hydrogen-bond acceptors (Lipinski definition) is 4. The van der Waals surface area contributed by atoms with Gasteiger partial charge in [0.1, 0.15) is 19.0 Å². The molecule has 0 aliphatic heterocycles. The van der Waals surface area contributed by atoms with Crippen LogP contribution in [0.5, 0.6) is 5.75 Å². The first-order valence-corrected chi connectivity index (χ1v) is 6.85. The van der Waals surface area contributed by atoms with Gasteiger partial charge < -0.3 is 15.2 Å². The summed E-state index contributed by atoms with van der Waals surface area (Å²) in [6, 6.07) is 14.0. The quantitative estimate of drug-likeness (QED) is 0.517. The fourth-order valence-corrected chi connectivity index (χ4v) is 1.79. The summed E-state index contributed by atoms with van der Waals surface area (Å²) in [6.07, 6.45) is 0. The zero-order chi connectivity index (χ0) is 14.4. The number of esters is 1. The van der Waals surface area contributed by atoms with Gasteiger partial charge in [-0.2, -0.15) is 0 Å². The van der Waals surface area contributed by atoms with Crippen molar-refractivity contribution in [2.45, 2.75) is 0 Å². The van der Waals surface area contributed by atoms with Crippen LogP contribution in [0.1, 0.15) is 10.4 Å². The number of anilines is 1. The molecule has 0 fully saturated rings. The Morgan fingerprint density at radius 1 is 1.00 bits per heavy atom. The van der Waals surface area contributed by atoms with E-state index >= 15 is 0 Å². The van der Waals surface area contributed by atoms with Gasteiger partial charge in [-0.1, -0.05) is 15.9 Å². The molecule has 20 heavy (non-hydrogen) atoms. The lowest BCUT2D eigenvalue weighted by atomic mass is 10.2. The van der Waals surface area contributed by atoms with Crippen LogP contribution in [-0.4, -0.2) is 19.2 Å². The molecule has 0 amide bonds. The average Bonchev–Trinajstić information content (AvgIpc) is 2.46. The van der Waals surface area contributed by atoms with Crippen molar-refractivity contribution < 1.29 is 14.3 Å². The van der Waals surface area contributed by atoms with Crippen molar-refractivity contribution in [3.05, 3.63) is 58.6 Å². The first-order valence-electron chi connectivity index (χ1n) is 6.06. The number of hydrogen-bond donors (Lipinski definition) is 1. The number of ether oxygens (including phenoxy) is 2. The number of rotatable bonds is 5. The van der Waals surface area contributed by atoms with Gasteiger partial charge in [-0.25, -0.2) is 4.79 Å². The Morgan fingerprint density at radius 2 is 1.65 bits per heavy atom. The summed E-state index contributed by atoms with van der Waals surface area (Å²) in [7, 11) is 0. The normalized spacial score (nSPS) is 10.1. The maximum atomic E-state index is 11.7. The predicted molar refractivity (Wildman–Crippen MR) is 80.8 cm³/mol. The largest absolute Gasteiger partial charge is 0.490 e. The lowest BCUT2D eigenvalue weighted by Gasteiger charge is -2.07. The topological polar surface area (TPSA) is 61.6 Å². The van der Waals surface area contributed by atoms with Crippen LogP contribution in [0.3, 0.4) is 0 Å². The SMILES string of the molecule is Nc1ccc(C(=O)OCCOc2ccc(Br)cc2)cc1. The van der Waals surface area contributed by atoms with E-state index in [1.807, 2.05) is 24.3 Å². The van der Waals surface area contributed by atoms with E-state index in [2.05, 4.69) is 15.9 Å². The molecular formula is C15H14BrNO3. The third-order valence-electron chi connectivity index (χ3n) is 2.55. The predicted octanol–water partition coefficient (Wildman–Crippen LogP) is 3.27. The van der Waals surface area contributed by atoms with Crippen molar-refractivity contribution in [1.82, 2.24) is 0 Å². The second-order valence-corrected chi connectivity index (χ2v) is 4.98. The van der Waals surface area contributed by atoms with E-state index in [0.29, 0.717) is 17.9 Å². The van der Waals surface area contributed by atoms with Crippen molar-refractivity contribution in [1.29, 1.82) is 0 Å². The molecule has 2 rings (SSSR count). The second-order valence-electron chi connectivity index (χ2n) is 4.06. The van der Waals surface area contributed by atoms with Crippen LogP contribution < -0.4 is 10.5 Å². The number of halogens is 1. The molecule has 0 bridgehead atoms. The van der Waals surface area contributed by atoms with E-state index in [1.54, 1.807) is 24.3 Å². The summed E-state index contributed by atoms with van der Waals surface area (Å²) in [5, 5.41) is 0. The zero-order valence-electron chi connectivity index (χ0n) is 10.7. The van der Waals surface area contributed by atoms with E-state index in [0.717, 1.165) is 10.2 Å². The lowest BCUT2D eigenvalue weighted by molar-refractivity contribution is 0.0450. The van der Waals surface area contributed by atoms with Gasteiger partial charge in [-0.3, -0.25) is 0 Å². The smallest absolute Gasteiger partial charge is 0.338 e. The van der Waals surface area contributed by atoms with E-state index in [9.17, 15) is 4.79 Å². The van der Waals surface area contributed by atoms with Crippen molar-refractivity contribution in [3.63, 3.8) is 0 Å². The molecule has 0 saturated heterocycles. The molecule has 0 aromatic heterocycles. The average molecular weight is 336 g/mol.